The minimum absolute atomic E-state index is 0.231. The largest absolute Gasteiger partial charge is 0.452 e. The van der Waals surface area contributed by atoms with Crippen LogP contribution in [0.2, 0.25) is 0 Å². The van der Waals surface area contributed by atoms with E-state index in [4.69, 9.17) is 9.47 Å². The van der Waals surface area contributed by atoms with Gasteiger partial charge in [-0.2, -0.15) is 0 Å². The minimum atomic E-state index is -0.432. The molecule has 10 nitrogen and oxygen atoms in total. The van der Waals surface area contributed by atoms with Crippen molar-refractivity contribution < 1.29 is 19.1 Å². The van der Waals surface area contributed by atoms with E-state index < -0.39 is 6.03 Å². The van der Waals surface area contributed by atoms with Gasteiger partial charge in [-0.15, -0.1) is 0 Å². The Bertz CT molecular complexity index is 1630. The molecule has 196 valence electrons. The average molecular weight is 523 g/mol. The van der Waals surface area contributed by atoms with E-state index in [1.165, 1.54) is 0 Å². The third kappa shape index (κ3) is 4.09. The minimum Gasteiger partial charge on any atom is -0.452 e. The molecule has 10 heteroatoms. The van der Waals surface area contributed by atoms with Gasteiger partial charge in [0.15, 0.2) is 5.76 Å². The molecule has 2 bridgehead atoms. The highest BCUT2D eigenvalue weighted by molar-refractivity contribution is 6.16. The van der Waals surface area contributed by atoms with Gasteiger partial charge in [-0.05, 0) is 55.3 Å². The monoisotopic (exact) mass is 522 g/mol. The molecule has 2 fully saturated rings. The first-order valence-electron chi connectivity index (χ1n) is 12.9. The summed E-state index contributed by atoms with van der Waals surface area (Å²) in [5.74, 6) is 0.443. The van der Waals surface area contributed by atoms with Crippen LogP contribution >= 0.6 is 0 Å². The van der Waals surface area contributed by atoms with Crippen LogP contribution in [0.25, 0.3) is 17.1 Å². The Hall–Kier alpha value is -4.70. The number of urea groups is 1. The van der Waals surface area contributed by atoms with Crippen LogP contribution in [0.15, 0.2) is 66.9 Å². The number of nitrogens with one attached hydrogen (secondary N) is 2. The van der Waals surface area contributed by atoms with Gasteiger partial charge in [0.2, 0.25) is 5.78 Å². The molecule has 3 aromatic heterocycles. The van der Waals surface area contributed by atoms with Crippen molar-refractivity contribution in [3.05, 3.63) is 78.1 Å². The highest BCUT2D eigenvalue weighted by Gasteiger charge is 2.38. The van der Waals surface area contributed by atoms with Gasteiger partial charge in [0.1, 0.15) is 11.4 Å². The van der Waals surface area contributed by atoms with Gasteiger partial charge in [-0.25, -0.2) is 9.78 Å². The molecule has 0 saturated carbocycles. The topological polar surface area (TPSA) is 111 Å². The first-order chi connectivity index (χ1) is 19.0. The molecule has 3 aliphatic heterocycles. The summed E-state index contributed by atoms with van der Waals surface area (Å²) < 4.78 is 13.8. The first kappa shape index (κ1) is 23.4. The van der Waals surface area contributed by atoms with Crippen molar-refractivity contribution in [2.75, 3.05) is 28.7 Å². The van der Waals surface area contributed by atoms with Crippen LogP contribution in [0, 0.1) is 0 Å². The summed E-state index contributed by atoms with van der Waals surface area (Å²) in [5, 5.41) is 6.46. The van der Waals surface area contributed by atoms with Crippen LogP contribution < -0.4 is 20.3 Å². The normalized spacial score (nSPS) is 20.8. The van der Waals surface area contributed by atoms with Gasteiger partial charge in [-0.1, -0.05) is 0 Å². The van der Waals surface area contributed by atoms with Crippen molar-refractivity contribution >= 4 is 46.0 Å². The second-order valence-corrected chi connectivity index (χ2v) is 10.0. The Morgan fingerprint density at radius 3 is 2.69 bits per heavy atom. The van der Waals surface area contributed by atoms with E-state index in [0.717, 1.165) is 48.3 Å². The molecule has 2 amide bonds. The number of Topliss-reactive ketones (excluding diaryl/α,β-unsaturated/α-hetero) is 1. The average Bonchev–Trinajstić information content (AvgIpc) is 3.52. The molecule has 1 aromatic carbocycles. The van der Waals surface area contributed by atoms with Gasteiger partial charge in [-0.3, -0.25) is 9.78 Å². The molecule has 3 aliphatic rings. The fraction of sp³-hybridized carbons (Fsp3) is 0.241. The number of aromatic nitrogens is 3. The molecule has 39 heavy (non-hydrogen) atoms. The number of morpholine rings is 1. The van der Waals surface area contributed by atoms with Crippen LogP contribution in [0.1, 0.15) is 28.8 Å². The maximum Gasteiger partial charge on any atom is 0.323 e. The lowest BCUT2D eigenvalue weighted by Crippen LogP contribution is -2.46. The lowest BCUT2D eigenvalue weighted by molar-refractivity contribution is 0.0908. The Balaban J connectivity index is 1.18. The standard InChI is InChI=1S/C29H26N6O4/c1-34-14-17(26-23(8-10-31-28(26)34)35-20-5-6-21(35)16-38-15-20)11-25-27(36)22-12-18(4-7-24(22)39-25)32-29(37)33-19-3-2-9-30-13-19/h2-4,7-14,20-21H,5-6,15-16H2,1H3,(H2,32,33,37). The Morgan fingerprint density at radius 1 is 1.08 bits per heavy atom. The molecule has 0 spiro atoms. The van der Waals surface area contributed by atoms with Crippen LogP contribution in [-0.2, 0) is 11.8 Å². The van der Waals surface area contributed by atoms with Gasteiger partial charge in [0.05, 0.1) is 48.4 Å². The SMILES string of the molecule is Cn1cc(C=C2Oc3ccc(NC(=O)Nc4cccnc4)cc3C2=O)c2c(N3C4CCC3COC4)ccnc21. The number of carbonyl (C=O) groups is 2. The second kappa shape index (κ2) is 9.25. The molecule has 6 heterocycles. The third-order valence-corrected chi connectivity index (χ3v) is 7.51. The molecule has 0 aliphatic carbocycles. The van der Waals surface area contributed by atoms with Gasteiger partial charge < -0.3 is 29.6 Å². The number of nitrogens with zero attached hydrogens (tertiary/aromatic N) is 4. The zero-order valence-corrected chi connectivity index (χ0v) is 21.3. The van der Waals surface area contributed by atoms with Crippen molar-refractivity contribution in [3.63, 3.8) is 0 Å². The van der Waals surface area contributed by atoms with E-state index in [0.29, 0.717) is 34.8 Å². The van der Waals surface area contributed by atoms with Gasteiger partial charge in [0, 0.05) is 42.3 Å². The molecule has 7 rings (SSSR count). The summed E-state index contributed by atoms with van der Waals surface area (Å²) in [6.07, 6.45) is 11.0. The quantitative estimate of drug-likeness (QED) is 0.377. The van der Waals surface area contributed by atoms with E-state index in [-0.39, 0.29) is 11.5 Å². The third-order valence-electron chi connectivity index (χ3n) is 7.51. The van der Waals surface area contributed by atoms with Crippen molar-refractivity contribution in [2.45, 2.75) is 24.9 Å². The number of allylic oxidation sites excluding steroid dienone is 1. The number of aryl methyl sites for hydroxylation is 1. The number of pyridine rings is 2. The first-order valence-corrected chi connectivity index (χ1v) is 12.9. The number of anilines is 3. The van der Waals surface area contributed by atoms with Crippen molar-refractivity contribution in [1.82, 2.24) is 14.5 Å². The van der Waals surface area contributed by atoms with E-state index >= 15 is 0 Å². The molecule has 2 atom stereocenters. The number of amides is 2. The number of hydrogen-bond donors (Lipinski definition) is 2. The summed E-state index contributed by atoms with van der Waals surface area (Å²) in [5.41, 5.74) is 4.26. The van der Waals surface area contributed by atoms with E-state index in [1.807, 2.05) is 24.0 Å². The highest BCUT2D eigenvalue weighted by atomic mass is 16.5. The molecule has 2 saturated heterocycles. The molecule has 2 unspecified atom stereocenters. The maximum atomic E-state index is 13.4. The van der Waals surface area contributed by atoms with E-state index in [9.17, 15) is 9.59 Å². The second-order valence-electron chi connectivity index (χ2n) is 10.0. The number of ether oxygens (including phenoxy) is 2. The lowest BCUT2D eigenvalue weighted by atomic mass is 10.1. The summed E-state index contributed by atoms with van der Waals surface area (Å²) in [6.45, 7) is 1.44. The number of carbonyl (C=O) groups excluding carboxylic acids is 2. The van der Waals surface area contributed by atoms with Crippen LogP contribution in [-0.4, -0.2) is 51.6 Å². The Kier molecular flexibility index (Phi) is 5.55. The van der Waals surface area contributed by atoms with E-state index in [2.05, 4.69) is 31.6 Å². The van der Waals surface area contributed by atoms with Crippen molar-refractivity contribution in [1.29, 1.82) is 0 Å². The number of fused-ring (bicyclic) bond motifs is 4. The van der Waals surface area contributed by atoms with E-state index in [1.54, 1.807) is 48.8 Å². The number of benzene rings is 1. The fourth-order valence-electron chi connectivity index (χ4n) is 5.80. The molecule has 2 N–H and O–H groups in total. The fourth-order valence-corrected chi connectivity index (χ4v) is 5.80. The molecule has 4 aromatic rings. The predicted octanol–water partition coefficient (Wildman–Crippen LogP) is 4.60. The van der Waals surface area contributed by atoms with Gasteiger partial charge >= 0.3 is 6.03 Å². The molecular formula is C29H26N6O4. The zero-order valence-electron chi connectivity index (χ0n) is 21.3. The number of rotatable bonds is 4. The van der Waals surface area contributed by atoms with Crippen LogP contribution in [0.4, 0.5) is 21.9 Å². The van der Waals surface area contributed by atoms with Gasteiger partial charge in [0.25, 0.3) is 0 Å². The van der Waals surface area contributed by atoms with Crippen molar-refractivity contribution in [3.8, 4) is 5.75 Å². The molecule has 0 radical (unpaired) electrons. The zero-order chi connectivity index (χ0) is 26.5. The number of ketones is 1. The lowest BCUT2D eigenvalue weighted by Gasteiger charge is -2.37. The number of hydrogen-bond acceptors (Lipinski definition) is 7. The highest BCUT2D eigenvalue weighted by Crippen LogP contribution is 2.40. The van der Waals surface area contributed by atoms with Crippen LogP contribution in [0.3, 0.4) is 0 Å². The predicted molar refractivity (Wildman–Crippen MR) is 147 cm³/mol. The summed E-state index contributed by atoms with van der Waals surface area (Å²) in [6, 6.07) is 10.8. The summed E-state index contributed by atoms with van der Waals surface area (Å²) >= 11 is 0. The molecular weight excluding hydrogens is 496 g/mol. The maximum absolute atomic E-state index is 13.4. The van der Waals surface area contributed by atoms with Crippen molar-refractivity contribution in [2.24, 2.45) is 7.05 Å². The summed E-state index contributed by atoms with van der Waals surface area (Å²) in [7, 11) is 1.95. The smallest absolute Gasteiger partial charge is 0.323 e. The summed E-state index contributed by atoms with van der Waals surface area (Å²) in [4.78, 5) is 36.9. The Morgan fingerprint density at radius 2 is 1.90 bits per heavy atom. The van der Waals surface area contributed by atoms with Crippen LogP contribution in [0.5, 0.6) is 5.75 Å². The Labute approximate surface area is 224 Å².